The third-order valence-electron chi connectivity index (χ3n) is 3.09. The second-order valence-electron chi connectivity index (χ2n) is 4.68. The number of nitrogens with one attached hydrogen (secondary N) is 1. The average molecular weight is 207 g/mol. The van der Waals surface area contributed by atoms with Crippen molar-refractivity contribution in [3.05, 3.63) is 35.6 Å². The number of hydrogen-bond acceptors (Lipinski definition) is 1. The first-order chi connectivity index (χ1) is 7.16. The van der Waals surface area contributed by atoms with Crippen LogP contribution in [-0.4, -0.2) is 12.1 Å². The Hall–Kier alpha value is -0.890. The van der Waals surface area contributed by atoms with E-state index in [1.165, 1.54) is 12.5 Å². The molecule has 0 spiro atoms. The van der Waals surface area contributed by atoms with Crippen molar-refractivity contribution in [1.29, 1.82) is 0 Å². The highest BCUT2D eigenvalue weighted by Crippen LogP contribution is 2.29. The van der Waals surface area contributed by atoms with Gasteiger partial charge in [0.15, 0.2) is 0 Å². The summed E-state index contributed by atoms with van der Waals surface area (Å²) in [7, 11) is 0. The van der Waals surface area contributed by atoms with Gasteiger partial charge in [-0.25, -0.2) is 4.39 Å². The van der Waals surface area contributed by atoms with E-state index in [1.54, 1.807) is 6.07 Å². The van der Waals surface area contributed by atoms with Crippen molar-refractivity contribution in [3.8, 4) is 0 Å². The summed E-state index contributed by atoms with van der Waals surface area (Å²) in [4.78, 5) is 0. The zero-order valence-corrected chi connectivity index (χ0v) is 9.33. The first kappa shape index (κ1) is 10.6. The van der Waals surface area contributed by atoms with E-state index in [0.29, 0.717) is 12.1 Å². The topological polar surface area (TPSA) is 12.0 Å². The van der Waals surface area contributed by atoms with Crippen LogP contribution >= 0.6 is 0 Å². The van der Waals surface area contributed by atoms with Crippen LogP contribution < -0.4 is 5.32 Å². The molecule has 1 N–H and O–H groups in total. The summed E-state index contributed by atoms with van der Waals surface area (Å²) in [5, 5.41) is 3.51. The van der Waals surface area contributed by atoms with E-state index in [4.69, 9.17) is 0 Å². The summed E-state index contributed by atoms with van der Waals surface area (Å²) >= 11 is 0. The molecule has 1 aromatic carbocycles. The largest absolute Gasteiger partial charge is 0.311 e. The maximum Gasteiger partial charge on any atom is 0.126 e. The van der Waals surface area contributed by atoms with Crippen LogP contribution in [0.5, 0.6) is 0 Å². The van der Waals surface area contributed by atoms with Gasteiger partial charge in [-0.3, -0.25) is 0 Å². The van der Waals surface area contributed by atoms with Crippen molar-refractivity contribution >= 4 is 0 Å². The molecule has 2 heteroatoms. The van der Waals surface area contributed by atoms with Crippen LogP contribution in [0.15, 0.2) is 24.3 Å². The molecule has 15 heavy (non-hydrogen) atoms. The van der Waals surface area contributed by atoms with Gasteiger partial charge in [0.1, 0.15) is 5.82 Å². The van der Waals surface area contributed by atoms with Gasteiger partial charge in [-0.1, -0.05) is 25.1 Å². The lowest BCUT2D eigenvalue weighted by Gasteiger charge is -2.13. The highest BCUT2D eigenvalue weighted by molar-refractivity contribution is 5.18. The van der Waals surface area contributed by atoms with Crippen LogP contribution in [0.3, 0.4) is 0 Å². The molecule has 0 amide bonds. The molecule has 0 heterocycles. The van der Waals surface area contributed by atoms with Crippen molar-refractivity contribution < 1.29 is 4.39 Å². The molecule has 0 aromatic heterocycles. The Morgan fingerprint density at radius 2 is 2.13 bits per heavy atom. The zero-order chi connectivity index (χ0) is 10.8. The highest BCUT2D eigenvalue weighted by atomic mass is 19.1. The Labute approximate surface area is 90.7 Å². The van der Waals surface area contributed by atoms with Gasteiger partial charge in [0.05, 0.1) is 0 Å². The van der Waals surface area contributed by atoms with E-state index < -0.39 is 0 Å². The van der Waals surface area contributed by atoms with Crippen molar-refractivity contribution in [3.63, 3.8) is 0 Å². The summed E-state index contributed by atoms with van der Waals surface area (Å²) in [5.74, 6) is 0.711. The average Bonchev–Trinajstić information content (AvgIpc) is 2.86. The molecule has 0 saturated heterocycles. The Balaban J connectivity index is 1.88. The minimum Gasteiger partial charge on any atom is -0.311 e. The molecule has 0 bridgehead atoms. The minimum absolute atomic E-state index is 0.0880. The maximum atomic E-state index is 13.4. The summed E-state index contributed by atoms with van der Waals surface area (Å²) in [6.45, 7) is 4.37. The number of rotatable bonds is 4. The number of halogens is 1. The Kier molecular flexibility index (Phi) is 3.06. The monoisotopic (exact) mass is 207 g/mol. The molecule has 1 aliphatic carbocycles. The van der Waals surface area contributed by atoms with E-state index in [9.17, 15) is 4.39 Å². The van der Waals surface area contributed by atoms with E-state index in [0.717, 1.165) is 17.9 Å². The molecule has 1 aromatic rings. The van der Waals surface area contributed by atoms with Gasteiger partial charge in [-0.05, 0) is 37.3 Å². The smallest absolute Gasteiger partial charge is 0.126 e. The Morgan fingerprint density at radius 3 is 2.73 bits per heavy atom. The molecule has 1 aliphatic rings. The first-order valence-electron chi connectivity index (χ1n) is 5.66. The van der Waals surface area contributed by atoms with Crippen LogP contribution in [0.4, 0.5) is 4.39 Å². The van der Waals surface area contributed by atoms with Crippen molar-refractivity contribution in [2.24, 2.45) is 5.92 Å². The molecule has 0 radical (unpaired) electrons. The van der Waals surface area contributed by atoms with E-state index in [2.05, 4.69) is 19.2 Å². The predicted molar refractivity (Wildman–Crippen MR) is 60.3 cm³/mol. The maximum absolute atomic E-state index is 13.4. The molecule has 82 valence electrons. The van der Waals surface area contributed by atoms with Gasteiger partial charge >= 0.3 is 0 Å². The quantitative estimate of drug-likeness (QED) is 0.800. The van der Waals surface area contributed by atoms with Gasteiger partial charge in [-0.2, -0.15) is 0 Å². The fourth-order valence-electron chi connectivity index (χ4n) is 1.97. The number of hydrogen-bond donors (Lipinski definition) is 1. The van der Waals surface area contributed by atoms with Crippen LogP contribution in [0.1, 0.15) is 25.8 Å². The summed E-state index contributed by atoms with van der Waals surface area (Å²) < 4.78 is 13.4. The molecule has 1 saturated carbocycles. The van der Waals surface area contributed by atoms with E-state index >= 15 is 0 Å². The molecule has 1 fully saturated rings. The van der Waals surface area contributed by atoms with Gasteiger partial charge in [0, 0.05) is 12.1 Å². The molecule has 0 aliphatic heterocycles. The molecular formula is C13H18FN. The lowest BCUT2D eigenvalue weighted by atomic mass is 10.1. The fraction of sp³-hybridized carbons (Fsp3) is 0.538. The van der Waals surface area contributed by atoms with E-state index in [1.807, 2.05) is 12.1 Å². The minimum atomic E-state index is -0.0880. The number of benzene rings is 1. The Morgan fingerprint density at radius 1 is 1.47 bits per heavy atom. The molecule has 2 rings (SSSR count). The zero-order valence-electron chi connectivity index (χ0n) is 9.33. The van der Waals surface area contributed by atoms with Gasteiger partial charge in [0.2, 0.25) is 0 Å². The van der Waals surface area contributed by atoms with Crippen molar-refractivity contribution in [2.75, 3.05) is 0 Å². The van der Waals surface area contributed by atoms with Gasteiger partial charge < -0.3 is 5.32 Å². The molecule has 1 nitrogen and oxygen atoms in total. The summed E-state index contributed by atoms with van der Waals surface area (Å²) in [5.41, 5.74) is 0.811. The summed E-state index contributed by atoms with van der Waals surface area (Å²) in [6.07, 6.45) is 2.04. The fourth-order valence-corrected chi connectivity index (χ4v) is 1.97. The van der Waals surface area contributed by atoms with Crippen molar-refractivity contribution in [1.82, 2.24) is 5.32 Å². The van der Waals surface area contributed by atoms with Gasteiger partial charge in [-0.15, -0.1) is 0 Å². The van der Waals surface area contributed by atoms with Crippen molar-refractivity contribution in [2.45, 2.75) is 38.8 Å². The van der Waals surface area contributed by atoms with E-state index in [-0.39, 0.29) is 5.82 Å². The predicted octanol–water partition coefficient (Wildman–Crippen LogP) is 2.75. The summed E-state index contributed by atoms with van der Waals surface area (Å²) in [6, 6.07) is 8.04. The van der Waals surface area contributed by atoms with Gasteiger partial charge in [0.25, 0.3) is 0 Å². The second-order valence-corrected chi connectivity index (χ2v) is 4.68. The lowest BCUT2D eigenvalue weighted by molar-refractivity contribution is 0.512. The highest BCUT2D eigenvalue weighted by Gasteiger charge is 2.33. The first-order valence-corrected chi connectivity index (χ1v) is 5.66. The second kappa shape index (κ2) is 4.31. The molecule has 3 atom stereocenters. The van der Waals surface area contributed by atoms with Crippen LogP contribution in [0.25, 0.3) is 0 Å². The Bertz CT molecular complexity index is 337. The standard InChI is InChI=1S/C13H18FN/c1-9-7-13(9)15-10(2)8-11-5-3-4-6-12(11)14/h3-6,9-10,13,15H,7-8H2,1-2H3. The lowest BCUT2D eigenvalue weighted by Crippen LogP contribution is -2.31. The SMILES string of the molecule is CC(Cc1ccccc1F)NC1CC1C. The van der Waals surface area contributed by atoms with Crippen LogP contribution in [0.2, 0.25) is 0 Å². The normalized spacial score (nSPS) is 26.3. The molecule has 3 unspecified atom stereocenters. The van der Waals surface area contributed by atoms with Crippen LogP contribution in [0, 0.1) is 11.7 Å². The molecular weight excluding hydrogens is 189 g/mol. The third kappa shape index (κ3) is 2.78. The third-order valence-corrected chi connectivity index (χ3v) is 3.09. The van der Waals surface area contributed by atoms with Crippen LogP contribution in [-0.2, 0) is 6.42 Å².